The zero-order valence-corrected chi connectivity index (χ0v) is 9.60. The maximum atomic E-state index is 10.2. The van der Waals surface area contributed by atoms with Crippen LogP contribution in [-0.4, -0.2) is 5.11 Å². The summed E-state index contributed by atoms with van der Waals surface area (Å²) in [7, 11) is 0. The predicted molar refractivity (Wildman–Crippen MR) is 63.3 cm³/mol. The van der Waals surface area contributed by atoms with Gasteiger partial charge in [0.15, 0.2) is 0 Å². The van der Waals surface area contributed by atoms with Crippen molar-refractivity contribution in [3.8, 4) is 0 Å². The molecule has 84 valence electrons. The summed E-state index contributed by atoms with van der Waals surface area (Å²) in [6.45, 7) is 3.97. The van der Waals surface area contributed by atoms with Gasteiger partial charge in [-0.2, -0.15) is 0 Å². The van der Waals surface area contributed by atoms with Gasteiger partial charge in [-0.15, -0.1) is 0 Å². The Kier molecular flexibility index (Phi) is 3.11. The third-order valence-corrected chi connectivity index (χ3v) is 2.87. The van der Waals surface area contributed by atoms with Crippen molar-refractivity contribution >= 4 is 0 Å². The van der Waals surface area contributed by atoms with E-state index in [4.69, 9.17) is 4.42 Å². The molecule has 0 aliphatic heterocycles. The Labute approximate surface area is 95.5 Å². The first-order chi connectivity index (χ1) is 7.72. The largest absolute Gasteiger partial charge is 0.469 e. The molecule has 0 aliphatic rings. The number of furan rings is 1. The molecule has 0 bridgehead atoms. The Morgan fingerprint density at radius 1 is 1.31 bits per heavy atom. The van der Waals surface area contributed by atoms with Crippen LogP contribution >= 0.6 is 0 Å². The topological polar surface area (TPSA) is 33.4 Å². The monoisotopic (exact) mass is 216 g/mol. The highest BCUT2D eigenvalue weighted by atomic mass is 16.3. The average Bonchev–Trinajstić information content (AvgIpc) is 2.74. The van der Waals surface area contributed by atoms with Crippen molar-refractivity contribution in [3.05, 3.63) is 59.0 Å². The molecule has 1 N–H and O–H groups in total. The first kappa shape index (κ1) is 11.0. The first-order valence-corrected chi connectivity index (χ1v) is 5.53. The van der Waals surface area contributed by atoms with Crippen molar-refractivity contribution in [2.24, 2.45) is 0 Å². The highest BCUT2D eigenvalue weighted by molar-refractivity contribution is 5.33. The van der Waals surface area contributed by atoms with Crippen LogP contribution in [0.2, 0.25) is 0 Å². The Morgan fingerprint density at radius 2 is 2.12 bits per heavy atom. The summed E-state index contributed by atoms with van der Waals surface area (Å²) >= 11 is 0. The molecule has 1 aromatic heterocycles. The molecule has 0 fully saturated rings. The van der Waals surface area contributed by atoms with E-state index in [2.05, 4.69) is 13.0 Å². The van der Waals surface area contributed by atoms with Crippen LogP contribution in [0.4, 0.5) is 0 Å². The minimum atomic E-state index is -0.592. The zero-order chi connectivity index (χ0) is 11.5. The zero-order valence-electron chi connectivity index (χ0n) is 9.60. The molecule has 1 aromatic carbocycles. The number of aliphatic hydroxyl groups is 1. The van der Waals surface area contributed by atoms with E-state index in [0.717, 1.165) is 23.3 Å². The Morgan fingerprint density at radius 3 is 2.75 bits per heavy atom. The second-order valence-corrected chi connectivity index (χ2v) is 3.93. The molecule has 2 aromatic rings. The number of hydrogen-bond donors (Lipinski definition) is 1. The van der Waals surface area contributed by atoms with E-state index in [1.807, 2.05) is 31.2 Å². The maximum absolute atomic E-state index is 10.2. The van der Waals surface area contributed by atoms with Gasteiger partial charge in [-0.1, -0.05) is 31.2 Å². The van der Waals surface area contributed by atoms with Gasteiger partial charge in [0.1, 0.15) is 11.9 Å². The van der Waals surface area contributed by atoms with Crippen LogP contribution in [0.15, 0.2) is 41.0 Å². The summed E-state index contributed by atoms with van der Waals surface area (Å²) in [4.78, 5) is 0. The van der Waals surface area contributed by atoms with Gasteiger partial charge in [-0.3, -0.25) is 0 Å². The fourth-order valence-electron chi connectivity index (χ4n) is 1.84. The molecule has 1 heterocycles. The third-order valence-electron chi connectivity index (χ3n) is 2.87. The second-order valence-electron chi connectivity index (χ2n) is 3.93. The van der Waals surface area contributed by atoms with Gasteiger partial charge in [-0.25, -0.2) is 0 Å². The maximum Gasteiger partial charge on any atom is 0.107 e. The summed E-state index contributed by atoms with van der Waals surface area (Å²) in [6, 6.07) is 9.84. The highest BCUT2D eigenvalue weighted by Crippen LogP contribution is 2.25. The molecule has 2 nitrogen and oxygen atoms in total. The molecule has 0 aliphatic carbocycles. The van der Waals surface area contributed by atoms with Gasteiger partial charge in [0.05, 0.1) is 6.26 Å². The number of hydrogen-bond acceptors (Lipinski definition) is 2. The van der Waals surface area contributed by atoms with E-state index in [1.54, 1.807) is 6.26 Å². The van der Waals surface area contributed by atoms with Crippen molar-refractivity contribution < 1.29 is 9.52 Å². The van der Waals surface area contributed by atoms with Crippen LogP contribution in [0.5, 0.6) is 0 Å². The van der Waals surface area contributed by atoms with E-state index >= 15 is 0 Å². The molecule has 2 rings (SSSR count). The van der Waals surface area contributed by atoms with E-state index in [0.29, 0.717) is 0 Å². The van der Waals surface area contributed by atoms with E-state index in [9.17, 15) is 5.11 Å². The third kappa shape index (κ3) is 2.02. The number of aliphatic hydroxyl groups excluding tert-OH is 1. The van der Waals surface area contributed by atoms with Crippen LogP contribution < -0.4 is 0 Å². The van der Waals surface area contributed by atoms with Gasteiger partial charge in [0.25, 0.3) is 0 Å². The summed E-state index contributed by atoms with van der Waals surface area (Å²) in [5.41, 5.74) is 3.00. The lowest BCUT2D eigenvalue weighted by atomic mass is 9.99. The van der Waals surface area contributed by atoms with Crippen molar-refractivity contribution in [2.75, 3.05) is 0 Å². The number of rotatable bonds is 3. The van der Waals surface area contributed by atoms with Crippen LogP contribution in [0.25, 0.3) is 0 Å². The molecule has 0 saturated carbocycles. The minimum Gasteiger partial charge on any atom is -0.469 e. The summed E-state index contributed by atoms with van der Waals surface area (Å²) in [5.74, 6) is 0.773. The quantitative estimate of drug-likeness (QED) is 0.854. The Bertz CT molecular complexity index is 471. The normalized spacial score (nSPS) is 12.7. The van der Waals surface area contributed by atoms with Crippen LogP contribution in [0.3, 0.4) is 0 Å². The molecule has 16 heavy (non-hydrogen) atoms. The molecule has 1 unspecified atom stereocenters. The smallest absolute Gasteiger partial charge is 0.107 e. The lowest BCUT2D eigenvalue weighted by Gasteiger charge is -2.11. The van der Waals surface area contributed by atoms with E-state index < -0.39 is 6.10 Å². The van der Waals surface area contributed by atoms with Crippen molar-refractivity contribution in [2.45, 2.75) is 26.4 Å². The summed E-state index contributed by atoms with van der Waals surface area (Å²) in [6.07, 6.45) is 1.99. The van der Waals surface area contributed by atoms with Gasteiger partial charge in [0.2, 0.25) is 0 Å². The van der Waals surface area contributed by atoms with Gasteiger partial charge in [0, 0.05) is 5.56 Å². The first-order valence-electron chi connectivity index (χ1n) is 5.53. The molecular formula is C14H16O2. The Hall–Kier alpha value is -1.54. The number of benzene rings is 1. The van der Waals surface area contributed by atoms with Gasteiger partial charge >= 0.3 is 0 Å². The summed E-state index contributed by atoms with van der Waals surface area (Å²) in [5, 5.41) is 10.2. The second kappa shape index (κ2) is 4.54. The van der Waals surface area contributed by atoms with E-state index in [1.165, 1.54) is 5.56 Å². The standard InChI is InChI=1S/C14H16O2/c1-3-11-5-4-6-12(9-11)14(15)13-7-8-16-10(13)2/h4-9,14-15H,3H2,1-2H3. The molecule has 0 saturated heterocycles. The van der Waals surface area contributed by atoms with Crippen molar-refractivity contribution in [3.63, 3.8) is 0 Å². The fourth-order valence-corrected chi connectivity index (χ4v) is 1.84. The predicted octanol–water partition coefficient (Wildman–Crippen LogP) is 3.23. The van der Waals surface area contributed by atoms with Crippen molar-refractivity contribution in [1.82, 2.24) is 0 Å². The van der Waals surface area contributed by atoms with Gasteiger partial charge < -0.3 is 9.52 Å². The molecule has 2 heteroatoms. The average molecular weight is 216 g/mol. The molecule has 0 amide bonds. The molecule has 1 atom stereocenters. The molecule has 0 spiro atoms. The van der Waals surface area contributed by atoms with Gasteiger partial charge in [-0.05, 0) is 30.5 Å². The Balaban J connectivity index is 2.33. The van der Waals surface area contributed by atoms with Crippen molar-refractivity contribution in [1.29, 1.82) is 0 Å². The fraction of sp³-hybridized carbons (Fsp3) is 0.286. The number of aryl methyl sites for hydroxylation is 2. The van der Waals surface area contributed by atoms with Crippen LogP contribution in [0, 0.1) is 6.92 Å². The lowest BCUT2D eigenvalue weighted by Crippen LogP contribution is -2.00. The highest BCUT2D eigenvalue weighted by Gasteiger charge is 2.14. The van der Waals surface area contributed by atoms with Crippen LogP contribution in [0.1, 0.15) is 35.5 Å². The SMILES string of the molecule is CCc1cccc(C(O)c2ccoc2C)c1. The van der Waals surface area contributed by atoms with E-state index in [-0.39, 0.29) is 0 Å². The molecular weight excluding hydrogens is 200 g/mol. The lowest BCUT2D eigenvalue weighted by molar-refractivity contribution is 0.218. The summed E-state index contributed by atoms with van der Waals surface area (Å²) < 4.78 is 5.20. The minimum absolute atomic E-state index is 0.592. The molecule has 0 radical (unpaired) electrons. The van der Waals surface area contributed by atoms with Crippen LogP contribution in [-0.2, 0) is 6.42 Å².